The van der Waals surface area contributed by atoms with E-state index in [1.807, 2.05) is 18.2 Å². The van der Waals surface area contributed by atoms with Gasteiger partial charge in [-0.05, 0) is 42.8 Å². The SMILES string of the molecule is CCNC(c1ccc(C)cc1)c1cc(Cl)ccc1Cl. The van der Waals surface area contributed by atoms with Crippen molar-refractivity contribution in [2.75, 3.05) is 6.54 Å². The zero-order valence-corrected chi connectivity index (χ0v) is 12.6. The molecule has 2 rings (SSSR count). The summed E-state index contributed by atoms with van der Waals surface area (Å²) in [5.74, 6) is 0. The maximum Gasteiger partial charge on any atom is 0.0591 e. The Kier molecular flexibility index (Phi) is 4.87. The molecule has 100 valence electrons. The van der Waals surface area contributed by atoms with Crippen LogP contribution in [0.15, 0.2) is 42.5 Å². The molecular weight excluding hydrogens is 277 g/mol. The Morgan fingerprint density at radius 3 is 2.37 bits per heavy atom. The Morgan fingerprint density at radius 2 is 1.74 bits per heavy atom. The quantitative estimate of drug-likeness (QED) is 0.836. The summed E-state index contributed by atoms with van der Waals surface area (Å²) in [6.45, 7) is 5.03. The van der Waals surface area contributed by atoms with E-state index in [4.69, 9.17) is 23.2 Å². The number of aryl methyl sites for hydroxylation is 1. The molecule has 0 radical (unpaired) electrons. The molecule has 0 heterocycles. The Bertz CT molecular complexity index is 549. The van der Waals surface area contributed by atoms with Crippen LogP contribution in [0.3, 0.4) is 0 Å². The van der Waals surface area contributed by atoms with E-state index in [1.165, 1.54) is 11.1 Å². The minimum absolute atomic E-state index is 0.0665. The molecule has 1 atom stereocenters. The highest BCUT2D eigenvalue weighted by molar-refractivity contribution is 6.33. The van der Waals surface area contributed by atoms with Gasteiger partial charge in [0.05, 0.1) is 6.04 Å². The molecule has 1 nitrogen and oxygen atoms in total. The van der Waals surface area contributed by atoms with Crippen molar-refractivity contribution in [2.24, 2.45) is 0 Å². The van der Waals surface area contributed by atoms with Crippen LogP contribution >= 0.6 is 23.2 Å². The molecule has 0 bridgehead atoms. The molecule has 0 amide bonds. The van der Waals surface area contributed by atoms with E-state index in [0.29, 0.717) is 5.02 Å². The number of hydrogen-bond acceptors (Lipinski definition) is 1. The molecule has 3 heteroatoms. The van der Waals surface area contributed by atoms with Crippen LogP contribution in [0.2, 0.25) is 10.0 Å². The third kappa shape index (κ3) is 3.50. The third-order valence-corrected chi connectivity index (χ3v) is 3.67. The molecule has 1 N–H and O–H groups in total. The number of rotatable bonds is 4. The van der Waals surface area contributed by atoms with E-state index >= 15 is 0 Å². The van der Waals surface area contributed by atoms with Gasteiger partial charge in [0, 0.05) is 10.0 Å². The Hall–Kier alpha value is -1.02. The van der Waals surface area contributed by atoms with Crippen molar-refractivity contribution in [3.8, 4) is 0 Å². The lowest BCUT2D eigenvalue weighted by Gasteiger charge is -2.20. The Labute approximate surface area is 124 Å². The van der Waals surface area contributed by atoms with Gasteiger partial charge < -0.3 is 5.32 Å². The van der Waals surface area contributed by atoms with Gasteiger partial charge in [0.2, 0.25) is 0 Å². The molecule has 2 aromatic rings. The fourth-order valence-electron chi connectivity index (χ4n) is 2.11. The summed E-state index contributed by atoms with van der Waals surface area (Å²) in [7, 11) is 0. The van der Waals surface area contributed by atoms with Gasteiger partial charge >= 0.3 is 0 Å². The first-order valence-electron chi connectivity index (χ1n) is 6.36. The summed E-state index contributed by atoms with van der Waals surface area (Å²) < 4.78 is 0. The molecule has 0 aliphatic rings. The van der Waals surface area contributed by atoms with Gasteiger partial charge in [-0.15, -0.1) is 0 Å². The largest absolute Gasteiger partial charge is 0.306 e. The highest BCUT2D eigenvalue weighted by atomic mass is 35.5. The van der Waals surface area contributed by atoms with Crippen LogP contribution in [0.5, 0.6) is 0 Å². The molecule has 0 saturated carbocycles. The first kappa shape index (κ1) is 14.4. The van der Waals surface area contributed by atoms with Crippen LogP contribution in [0, 0.1) is 6.92 Å². The van der Waals surface area contributed by atoms with Crippen molar-refractivity contribution in [2.45, 2.75) is 19.9 Å². The maximum absolute atomic E-state index is 6.31. The minimum atomic E-state index is 0.0665. The molecule has 19 heavy (non-hydrogen) atoms. The zero-order chi connectivity index (χ0) is 13.8. The van der Waals surface area contributed by atoms with Crippen LogP contribution in [0.4, 0.5) is 0 Å². The second kappa shape index (κ2) is 6.42. The third-order valence-electron chi connectivity index (χ3n) is 3.09. The summed E-state index contributed by atoms with van der Waals surface area (Å²) in [4.78, 5) is 0. The predicted octanol–water partition coefficient (Wildman–Crippen LogP) is 5.00. The summed E-state index contributed by atoms with van der Waals surface area (Å²) in [6, 6.07) is 14.1. The van der Waals surface area contributed by atoms with E-state index in [2.05, 4.69) is 43.4 Å². The first-order valence-corrected chi connectivity index (χ1v) is 7.12. The average molecular weight is 294 g/mol. The van der Waals surface area contributed by atoms with Crippen molar-refractivity contribution in [3.63, 3.8) is 0 Å². The molecular formula is C16H17Cl2N. The highest BCUT2D eigenvalue weighted by Gasteiger charge is 2.16. The van der Waals surface area contributed by atoms with E-state index in [1.54, 1.807) is 0 Å². The summed E-state index contributed by atoms with van der Waals surface area (Å²) in [5, 5.41) is 4.90. The van der Waals surface area contributed by atoms with Crippen molar-refractivity contribution in [1.29, 1.82) is 0 Å². The van der Waals surface area contributed by atoms with Gasteiger partial charge in [0.15, 0.2) is 0 Å². The van der Waals surface area contributed by atoms with Crippen LogP contribution in [0.1, 0.15) is 29.7 Å². The second-order valence-corrected chi connectivity index (χ2v) is 5.41. The second-order valence-electron chi connectivity index (χ2n) is 4.57. The van der Waals surface area contributed by atoms with Crippen LogP contribution < -0.4 is 5.32 Å². The van der Waals surface area contributed by atoms with Gasteiger partial charge in [-0.25, -0.2) is 0 Å². The monoisotopic (exact) mass is 293 g/mol. The van der Waals surface area contributed by atoms with E-state index in [-0.39, 0.29) is 6.04 Å². The van der Waals surface area contributed by atoms with Crippen LogP contribution in [-0.4, -0.2) is 6.54 Å². The highest BCUT2D eigenvalue weighted by Crippen LogP contribution is 2.30. The van der Waals surface area contributed by atoms with Gasteiger partial charge in [-0.2, -0.15) is 0 Å². The zero-order valence-electron chi connectivity index (χ0n) is 11.1. The maximum atomic E-state index is 6.31. The van der Waals surface area contributed by atoms with Crippen molar-refractivity contribution < 1.29 is 0 Å². The van der Waals surface area contributed by atoms with Crippen molar-refractivity contribution >= 4 is 23.2 Å². The van der Waals surface area contributed by atoms with Crippen molar-refractivity contribution in [1.82, 2.24) is 5.32 Å². The van der Waals surface area contributed by atoms with E-state index in [0.717, 1.165) is 17.1 Å². The Balaban J connectivity index is 2.44. The lowest BCUT2D eigenvalue weighted by molar-refractivity contribution is 0.631. The molecule has 0 fully saturated rings. The summed E-state index contributed by atoms with van der Waals surface area (Å²) in [5.41, 5.74) is 3.45. The topological polar surface area (TPSA) is 12.0 Å². The predicted molar refractivity (Wildman–Crippen MR) is 83.2 cm³/mol. The number of hydrogen-bond donors (Lipinski definition) is 1. The molecule has 2 aromatic carbocycles. The lowest BCUT2D eigenvalue weighted by atomic mass is 9.97. The molecule has 1 unspecified atom stereocenters. The van der Waals surface area contributed by atoms with E-state index < -0.39 is 0 Å². The standard InChI is InChI=1S/C16H17Cl2N/c1-3-19-16(12-6-4-11(2)5-7-12)14-10-13(17)8-9-15(14)18/h4-10,16,19H,3H2,1-2H3. The normalized spacial score (nSPS) is 12.4. The lowest BCUT2D eigenvalue weighted by Crippen LogP contribution is -2.22. The van der Waals surface area contributed by atoms with Crippen molar-refractivity contribution in [3.05, 3.63) is 69.2 Å². The fraction of sp³-hybridized carbons (Fsp3) is 0.250. The van der Waals surface area contributed by atoms with Crippen LogP contribution in [-0.2, 0) is 0 Å². The van der Waals surface area contributed by atoms with Gasteiger partial charge in [0.1, 0.15) is 0 Å². The molecule has 0 saturated heterocycles. The summed E-state index contributed by atoms with van der Waals surface area (Å²) >= 11 is 12.4. The minimum Gasteiger partial charge on any atom is -0.306 e. The fourth-order valence-corrected chi connectivity index (χ4v) is 2.51. The van der Waals surface area contributed by atoms with E-state index in [9.17, 15) is 0 Å². The average Bonchev–Trinajstić information content (AvgIpc) is 2.40. The van der Waals surface area contributed by atoms with Gasteiger partial charge in [-0.1, -0.05) is 60.0 Å². The number of nitrogens with one attached hydrogen (secondary N) is 1. The van der Waals surface area contributed by atoms with Gasteiger partial charge in [0.25, 0.3) is 0 Å². The van der Waals surface area contributed by atoms with Crippen LogP contribution in [0.25, 0.3) is 0 Å². The number of halogens is 2. The smallest absolute Gasteiger partial charge is 0.0591 e. The molecule has 0 aliphatic carbocycles. The summed E-state index contributed by atoms with van der Waals surface area (Å²) in [6.07, 6.45) is 0. The first-order chi connectivity index (χ1) is 9.11. The molecule has 0 aromatic heterocycles. The van der Waals surface area contributed by atoms with Gasteiger partial charge in [-0.3, -0.25) is 0 Å². The number of benzene rings is 2. The molecule has 0 aliphatic heterocycles. The Morgan fingerprint density at radius 1 is 1.05 bits per heavy atom. The molecule has 0 spiro atoms.